The zero-order valence-corrected chi connectivity index (χ0v) is 12.6. The Kier molecular flexibility index (Phi) is 5.91. The van der Waals surface area contributed by atoms with Crippen molar-refractivity contribution in [2.45, 2.75) is 13.0 Å². The van der Waals surface area contributed by atoms with Gasteiger partial charge in [-0.2, -0.15) is 0 Å². The number of β-amino-alcohol motifs (C(OH)–C–C–N with tert-alkyl or cyclic N) is 1. The summed E-state index contributed by atoms with van der Waals surface area (Å²) < 4.78 is 0. The molecule has 0 aromatic heterocycles. The van der Waals surface area contributed by atoms with Crippen LogP contribution in [0.15, 0.2) is 24.3 Å². The second-order valence-electron chi connectivity index (χ2n) is 5.26. The average Bonchev–Trinajstić information content (AvgIpc) is 2.65. The number of nitrogens with zero attached hydrogens (tertiary/aromatic N) is 2. The molecule has 0 spiro atoms. The monoisotopic (exact) mass is 293 g/mol. The van der Waals surface area contributed by atoms with E-state index in [-0.39, 0.29) is 6.61 Å². The van der Waals surface area contributed by atoms with Crippen molar-refractivity contribution in [3.05, 3.63) is 35.4 Å². The Bertz CT molecular complexity index is 452. The molecule has 1 saturated heterocycles. The van der Waals surface area contributed by atoms with Crippen molar-refractivity contribution in [1.29, 1.82) is 0 Å². The van der Waals surface area contributed by atoms with Crippen LogP contribution in [-0.2, 0) is 6.54 Å². The van der Waals surface area contributed by atoms with Crippen LogP contribution in [0.1, 0.15) is 17.5 Å². The van der Waals surface area contributed by atoms with Gasteiger partial charge in [-0.1, -0.05) is 30.4 Å². The van der Waals surface area contributed by atoms with Gasteiger partial charge in [0.25, 0.3) is 0 Å². The molecule has 1 aliphatic heterocycles. The maximum atomic E-state index is 9.01. The fraction of sp³-hybridized carbons (Fsp3) is 0.533. The van der Waals surface area contributed by atoms with Gasteiger partial charge in [-0.15, -0.1) is 0 Å². The van der Waals surface area contributed by atoms with Gasteiger partial charge in [0.2, 0.25) is 0 Å². The Labute approximate surface area is 126 Å². The second-order valence-corrected chi connectivity index (χ2v) is 5.70. The number of hydrogen-bond acceptors (Lipinski definition) is 4. The van der Waals surface area contributed by atoms with E-state index >= 15 is 0 Å². The largest absolute Gasteiger partial charge is 0.395 e. The van der Waals surface area contributed by atoms with E-state index in [1.807, 2.05) is 12.1 Å². The van der Waals surface area contributed by atoms with Crippen LogP contribution < -0.4 is 5.73 Å². The molecule has 0 unspecified atom stereocenters. The van der Waals surface area contributed by atoms with Crippen LogP contribution in [0.25, 0.3) is 0 Å². The lowest BCUT2D eigenvalue weighted by molar-refractivity contribution is 0.196. The van der Waals surface area contributed by atoms with Gasteiger partial charge in [0.15, 0.2) is 0 Å². The highest BCUT2D eigenvalue weighted by Crippen LogP contribution is 2.11. The molecule has 3 N–H and O–H groups in total. The van der Waals surface area contributed by atoms with Crippen molar-refractivity contribution in [3.63, 3.8) is 0 Å². The third kappa shape index (κ3) is 4.52. The van der Waals surface area contributed by atoms with Crippen molar-refractivity contribution in [2.24, 2.45) is 5.73 Å². The summed E-state index contributed by atoms with van der Waals surface area (Å²) in [5, 5.41) is 9.01. The number of hydrogen-bond donors (Lipinski definition) is 2. The molecule has 1 aromatic rings. The molecule has 110 valence electrons. The zero-order valence-electron chi connectivity index (χ0n) is 11.8. The van der Waals surface area contributed by atoms with Crippen LogP contribution in [0.4, 0.5) is 0 Å². The molecular weight excluding hydrogens is 270 g/mol. The molecule has 0 aliphatic carbocycles. The topological polar surface area (TPSA) is 52.7 Å². The van der Waals surface area contributed by atoms with Crippen molar-refractivity contribution >= 4 is 17.2 Å². The highest BCUT2D eigenvalue weighted by molar-refractivity contribution is 7.80. The molecular formula is C15H23N3OS. The highest BCUT2D eigenvalue weighted by atomic mass is 32.1. The fourth-order valence-electron chi connectivity index (χ4n) is 2.63. The van der Waals surface area contributed by atoms with Crippen LogP contribution in [0.3, 0.4) is 0 Å². The van der Waals surface area contributed by atoms with Gasteiger partial charge >= 0.3 is 0 Å². The lowest BCUT2D eigenvalue weighted by atomic mass is 10.1. The van der Waals surface area contributed by atoms with E-state index in [4.69, 9.17) is 23.1 Å². The predicted octanol–water partition coefficient (Wildman–Crippen LogP) is 0.821. The van der Waals surface area contributed by atoms with Crippen LogP contribution in [0, 0.1) is 0 Å². The second kappa shape index (κ2) is 7.69. The maximum Gasteiger partial charge on any atom is 0.103 e. The standard InChI is InChI=1S/C15H23N3OS/c16-15(20)14-4-1-3-13(11-14)12-18-6-2-5-17(7-8-18)9-10-19/h1,3-4,11,19H,2,5-10,12H2,(H2,16,20). The molecule has 1 aliphatic rings. The Morgan fingerprint density at radius 1 is 1.20 bits per heavy atom. The molecule has 1 aromatic carbocycles. The molecule has 20 heavy (non-hydrogen) atoms. The summed E-state index contributed by atoms with van der Waals surface area (Å²) in [4.78, 5) is 5.23. The van der Waals surface area contributed by atoms with Gasteiger partial charge in [-0.25, -0.2) is 0 Å². The fourth-order valence-corrected chi connectivity index (χ4v) is 2.76. The molecule has 0 atom stereocenters. The van der Waals surface area contributed by atoms with E-state index < -0.39 is 0 Å². The summed E-state index contributed by atoms with van der Waals surface area (Å²) in [5.41, 5.74) is 7.87. The smallest absolute Gasteiger partial charge is 0.103 e. The first-order chi connectivity index (χ1) is 9.69. The van der Waals surface area contributed by atoms with Crippen LogP contribution in [-0.4, -0.2) is 59.2 Å². The first-order valence-electron chi connectivity index (χ1n) is 7.13. The van der Waals surface area contributed by atoms with Gasteiger partial charge in [0.1, 0.15) is 4.99 Å². The van der Waals surface area contributed by atoms with E-state index in [1.165, 1.54) is 5.56 Å². The molecule has 2 rings (SSSR count). The summed E-state index contributed by atoms with van der Waals surface area (Å²) in [7, 11) is 0. The minimum Gasteiger partial charge on any atom is -0.395 e. The molecule has 1 fully saturated rings. The van der Waals surface area contributed by atoms with E-state index in [1.54, 1.807) is 0 Å². The van der Waals surface area contributed by atoms with E-state index in [2.05, 4.69) is 21.9 Å². The Morgan fingerprint density at radius 3 is 2.70 bits per heavy atom. The highest BCUT2D eigenvalue weighted by Gasteiger charge is 2.14. The number of rotatable bonds is 5. The quantitative estimate of drug-likeness (QED) is 0.787. The minimum absolute atomic E-state index is 0.246. The van der Waals surface area contributed by atoms with Crippen LogP contribution in [0.5, 0.6) is 0 Å². The Morgan fingerprint density at radius 2 is 1.95 bits per heavy atom. The summed E-state index contributed by atoms with van der Waals surface area (Å²) in [6.07, 6.45) is 1.15. The third-order valence-electron chi connectivity index (χ3n) is 3.72. The number of benzene rings is 1. The summed E-state index contributed by atoms with van der Waals surface area (Å²) in [5.74, 6) is 0. The Balaban J connectivity index is 1.93. The van der Waals surface area contributed by atoms with Crippen LogP contribution in [0.2, 0.25) is 0 Å². The van der Waals surface area contributed by atoms with E-state index in [0.717, 1.165) is 51.3 Å². The van der Waals surface area contributed by atoms with E-state index in [9.17, 15) is 0 Å². The summed E-state index contributed by atoms with van der Waals surface area (Å²) in [6, 6.07) is 8.17. The number of nitrogens with two attached hydrogens (primary N) is 1. The molecule has 5 heteroatoms. The normalized spacial score (nSPS) is 17.9. The maximum absolute atomic E-state index is 9.01. The predicted molar refractivity (Wildman–Crippen MR) is 85.7 cm³/mol. The number of thiocarbonyl (C=S) groups is 1. The van der Waals surface area contributed by atoms with Gasteiger partial charge < -0.3 is 10.8 Å². The molecule has 0 amide bonds. The van der Waals surface area contributed by atoms with Gasteiger partial charge in [-0.3, -0.25) is 9.80 Å². The first kappa shape index (κ1) is 15.4. The lowest BCUT2D eigenvalue weighted by Crippen LogP contribution is -2.32. The molecule has 0 saturated carbocycles. The number of aliphatic hydroxyl groups is 1. The summed E-state index contributed by atoms with van der Waals surface area (Å²) >= 11 is 5.03. The van der Waals surface area contributed by atoms with Crippen molar-refractivity contribution in [2.75, 3.05) is 39.3 Å². The molecule has 0 bridgehead atoms. The molecule has 4 nitrogen and oxygen atoms in total. The van der Waals surface area contributed by atoms with Gasteiger partial charge in [-0.05, 0) is 31.1 Å². The first-order valence-corrected chi connectivity index (χ1v) is 7.54. The van der Waals surface area contributed by atoms with Crippen molar-refractivity contribution in [1.82, 2.24) is 9.80 Å². The Hall–Kier alpha value is -1.01. The third-order valence-corrected chi connectivity index (χ3v) is 3.95. The zero-order chi connectivity index (χ0) is 14.4. The SMILES string of the molecule is NC(=S)c1cccc(CN2CCCN(CCO)CC2)c1. The lowest BCUT2D eigenvalue weighted by Gasteiger charge is -2.21. The average molecular weight is 293 g/mol. The van der Waals surface area contributed by atoms with Crippen LogP contribution >= 0.6 is 12.2 Å². The van der Waals surface area contributed by atoms with Gasteiger partial charge in [0.05, 0.1) is 6.61 Å². The number of aliphatic hydroxyl groups excluding tert-OH is 1. The van der Waals surface area contributed by atoms with Crippen molar-refractivity contribution < 1.29 is 5.11 Å². The molecule has 0 radical (unpaired) electrons. The molecule has 1 heterocycles. The van der Waals surface area contributed by atoms with Gasteiger partial charge in [0, 0.05) is 31.7 Å². The summed E-state index contributed by atoms with van der Waals surface area (Å²) in [6.45, 7) is 6.19. The van der Waals surface area contributed by atoms with E-state index in [0.29, 0.717) is 4.99 Å². The minimum atomic E-state index is 0.246. The van der Waals surface area contributed by atoms with Crippen molar-refractivity contribution in [3.8, 4) is 0 Å².